The summed E-state index contributed by atoms with van der Waals surface area (Å²) in [7, 11) is -3.88. The first-order chi connectivity index (χ1) is 12.6. The lowest BCUT2D eigenvalue weighted by Crippen LogP contribution is -2.26. The number of hydrogen-bond donors (Lipinski definition) is 2. The van der Waals surface area contributed by atoms with Gasteiger partial charge in [-0.3, -0.25) is 9.52 Å². The van der Waals surface area contributed by atoms with Gasteiger partial charge in [0.15, 0.2) is 0 Å². The molecule has 0 aliphatic rings. The summed E-state index contributed by atoms with van der Waals surface area (Å²) in [6.07, 6.45) is 0. The molecule has 0 atom stereocenters. The summed E-state index contributed by atoms with van der Waals surface area (Å²) >= 11 is 0. The van der Waals surface area contributed by atoms with E-state index in [1.165, 1.54) is 12.1 Å². The Bertz CT molecular complexity index is 988. The predicted octanol–water partition coefficient (Wildman–Crippen LogP) is 3.42. The van der Waals surface area contributed by atoms with Crippen LogP contribution in [0.25, 0.3) is 0 Å². The lowest BCUT2D eigenvalue weighted by Gasteiger charge is -2.12. The van der Waals surface area contributed by atoms with Crippen LogP contribution in [0.5, 0.6) is 0 Å². The molecule has 0 radical (unpaired) electrons. The fourth-order valence-corrected chi connectivity index (χ4v) is 3.74. The third kappa shape index (κ3) is 4.29. The molecular weight excluding hydrogens is 348 g/mol. The van der Waals surface area contributed by atoms with Crippen LogP contribution in [0.15, 0.2) is 89.8 Å². The smallest absolute Gasteiger partial charge is 0.262 e. The van der Waals surface area contributed by atoms with Crippen LogP contribution in [0, 0.1) is 0 Å². The van der Waals surface area contributed by atoms with Crippen molar-refractivity contribution in [3.8, 4) is 0 Å². The molecule has 1 amide bonds. The van der Waals surface area contributed by atoms with Gasteiger partial charge in [-0.05, 0) is 29.8 Å². The van der Waals surface area contributed by atoms with E-state index in [4.69, 9.17) is 0 Å². The van der Waals surface area contributed by atoms with Crippen molar-refractivity contribution < 1.29 is 13.2 Å². The highest BCUT2D eigenvalue weighted by molar-refractivity contribution is 7.92. The Morgan fingerprint density at radius 3 is 2.04 bits per heavy atom. The van der Waals surface area contributed by atoms with Gasteiger partial charge in [0, 0.05) is 12.2 Å². The molecule has 0 aliphatic carbocycles. The molecule has 3 rings (SSSR count). The summed E-state index contributed by atoms with van der Waals surface area (Å²) in [6.45, 7) is 0.320. The first kappa shape index (κ1) is 17.7. The molecule has 0 spiro atoms. The van der Waals surface area contributed by atoms with Crippen LogP contribution in [0.2, 0.25) is 0 Å². The number of carbonyl (C=O) groups is 1. The topological polar surface area (TPSA) is 75.3 Å². The van der Waals surface area contributed by atoms with Crippen molar-refractivity contribution in [3.05, 3.63) is 96.1 Å². The molecule has 0 saturated heterocycles. The van der Waals surface area contributed by atoms with Crippen molar-refractivity contribution in [1.82, 2.24) is 5.32 Å². The van der Waals surface area contributed by atoms with Crippen molar-refractivity contribution in [2.75, 3.05) is 4.72 Å². The zero-order valence-electron chi connectivity index (χ0n) is 13.9. The van der Waals surface area contributed by atoms with Gasteiger partial charge < -0.3 is 5.32 Å². The van der Waals surface area contributed by atoms with Gasteiger partial charge in [-0.15, -0.1) is 0 Å². The monoisotopic (exact) mass is 366 g/mol. The second-order valence-electron chi connectivity index (χ2n) is 5.64. The molecular formula is C20H18N2O3S. The lowest BCUT2D eigenvalue weighted by molar-refractivity contribution is 0.0947. The standard InChI is InChI=1S/C20H18N2O3S/c23-20(21-15-16-9-3-1-4-10-16)18-13-7-8-14-19(18)26(24,25)22-17-11-5-2-6-12-17/h1-14,22H,15H2,(H,21,23). The molecule has 0 unspecified atom stereocenters. The van der Waals surface area contributed by atoms with E-state index in [2.05, 4.69) is 10.0 Å². The van der Waals surface area contributed by atoms with E-state index in [1.807, 2.05) is 30.3 Å². The van der Waals surface area contributed by atoms with Gasteiger partial charge in [-0.25, -0.2) is 8.42 Å². The van der Waals surface area contributed by atoms with Gasteiger partial charge in [-0.2, -0.15) is 0 Å². The highest BCUT2D eigenvalue weighted by Gasteiger charge is 2.22. The molecule has 0 fully saturated rings. The van der Waals surface area contributed by atoms with E-state index < -0.39 is 15.9 Å². The summed E-state index contributed by atoms with van der Waals surface area (Å²) < 4.78 is 27.9. The molecule has 6 heteroatoms. The zero-order valence-corrected chi connectivity index (χ0v) is 14.7. The molecule has 0 aliphatic heterocycles. The number of sulfonamides is 1. The summed E-state index contributed by atoms with van der Waals surface area (Å²) in [5, 5.41) is 2.76. The summed E-state index contributed by atoms with van der Waals surface area (Å²) in [5.41, 5.74) is 1.47. The summed E-state index contributed by atoms with van der Waals surface area (Å²) in [5.74, 6) is -0.442. The molecule has 3 aromatic rings. The molecule has 3 aromatic carbocycles. The highest BCUT2D eigenvalue weighted by atomic mass is 32.2. The summed E-state index contributed by atoms with van der Waals surface area (Å²) in [6, 6.07) is 24.1. The van der Waals surface area contributed by atoms with Gasteiger partial charge in [0.25, 0.3) is 15.9 Å². The minimum Gasteiger partial charge on any atom is -0.348 e. The number of nitrogens with one attached hydrogen (secondary N) is 2. The van der Waals surface area contributed by atoms with E-state index in [-0.39, 0.29) is 10.5 Å². The van der Waals surface area contributed by atoms with Gasteiger partial charge in [0.05, 0.1) is 5.56 Å². The quantitative estimate of drug-likeness (QED) is 0.702. The van der Waals surface area contributed by atoms with Crippen LogP contribution < -0.4 is 10.0 Å². The maximum atomic E-state index is 12.7. The van der Waals surface area contributed by atoms with Crippen LogP contribution in [0.4, 0.5) is 5.69 Å². The largest absolute Gasteiger partial charge is 0.348 e. The van der Waals surface area contributed by atoms with Crippen molar-refractivity contribution in [1.29, 1.82) is 0 Å². The maximum Gasteiger partial charge on any atom is 0.262 e. The fraction of sp³-hybridized carbons (Fsp3) is 0.0500. The van der Waals surface area contributed by atoms with Crippen LogP contribution >= 0.6 is 0 Å². The highest BCUT2D eigenvalue weighted by Crippen LogP contribution is 2.19. The van der Waals surface area contributed by atoms with Crippen LogP contribution in [0.1, 0.15) is 15.9 Å². The number of benzene rings is 3. The van der Waals surface area contributed by atoms with Gasteiger partial charge >= 0.3 is 0 Å². The van der Waals surface area contributed by atoms with E-state index in [1.54, 1.807) is 42.5 Å². The second kappa shape index (κ2) is 7.84. The van der Waals surface area contributed by atoms with Crippen molar-refractivity contribution >= 4 is 21.6 Å². The normalized spacial score (nSPS) is 10.9. The van der Waals surface area contributed by atoms with E-state index in [9.17, 15) is 13.2 Å². The van der Waals surface area contributed by atoms with Gasteiger partial charge in [-0.1, -0.05) is 60.7 Å². The van der Waals surface area contributed by atoms with Crippen LogP contribution in [-0.2, 0) is 16.6 Å². The number of rotatable bonds is 6. The SMILES string of the molecule is O=C(NCc1ccccc1)c1ccccc1S(=O)(=O)Nc1ccccc1. The number of carbonyl (C=O) groups excluding carboxylic acids is 1. The minimum atomic E-state index is -3.88. The molecule has 132 valence electrons. The second-order valence-corrected chi connectivity index (χ2v) is 7.29. The Balaban J connectivity index is 1.82. The molecule has 0 saturated carbocycles. The lowest BCUT2D eigenvalue weighted by atomic mass is 10.2. The maximum absolute atomic E-state index is 12.7. The predicted molar refractivity (Wildman–Crippen MR) is 101 cm³/mol. The van der Waals surface area contributed by atoms with Crippen molar-refractivity contribution in [3.63, 3.8) is 0 Å². The zero-order chi connectivity index (χ0) is 18.4. The Morgan fingerprint density at radius 1 is 0.769 bits per heavy atom. The number of para-hydroxylation sites is 1. The Labute approximate surface area is 152 Å². The first-order valence-electron chi connectivity index (χ1n) is 8.05. The van der Waals surface area contributed by atoms with Crippen LogP contribution in [-0.4, -0.2) is 14.3 Å². The average molecular weight is 366 g/mol. The van der Waals surface area contributed by atoms with Gasteiger partial charge in [0.2, 0.25) is 0 Å². The van der Waals surface area contributed by atoms with Crippen molar-refractivity contribution in [2.24, 2.45) is 0 Å². The minimum absolute atomic E-state index is 0.0607. The molecule has 26 heavy (non-hydrogen) atoms. The fourth-order valence-electron chi connectivity index (χ4n) is 2.48. The number of hydrogen-bond acceptors (Lipinski definition) is 3. The number of anilines is 1. The Hall–Kier alpha value is -3.12. The van der Waals surface area contributed by atoms with Gasteiger partial charge in [0.1, 0.15) is 4.90 Å². The number of amides is 1. The molecule has 0 bridgehead atoms. The Kier molecular flexibility index (Phi) is 5.34. The summed E-state index contributed by atoms with van der Waals surface area (Å²) in [4.78, 5) is 12.5. The molecule has 0 heterocycles. The first-order valence-corrected chi connectivity index (χ1v) is 9.53. The van der Waals surface area contributed by atoms with Crippen LogP contribution in [0.3, 0.4) is 0 Å². The van der Waals surface area contributed by atoms with E-state index in [0.29, 0.717) is 12.2 Å². The molecule has 0 aromatic heterocycles. The molecule has 5 nitrogen and oxygen atoms in total. The van der Waals surface area contributed by atoms with E-state index in [0.717, 1.165) is 5.56 Å². The molecule has 2 N–H and O–H groups in total. The van der Waals surface area contributed by atoms with E-state index >= 15 is 0 Å². The third-order valence-electron chi connectivity index (χ3n) is 3.74. The van der Waals surface area contributed by atoms with Crippen molar-refractivity contribution in [2.45, 2.75) is 11.4 Å². The Morgan fingerprint density at radius 2 is 1.35 bits per heavy atom. The average Bonchev–Trinajstić information content (AvgIpc) is 2.67. The third-order valence-corrected chi connectivity index (χ3v) is 5.18.